The van der Waals surface area contributed by atoms with Crippen LogP contribution in [-0.2, 0) is 0 Å². The van der Waals surface area contributed by atoms with Crippen LogP contribution in [0.5, 0.6) is 0 Å². The number of para-hydroxylation sites is 1. The molecule has 0 fully saturated rings. The van der Waals surface area contributed by atoms with Crippen LogP contribution in [0, 0.1) is 5.82 Å². The molecular formula is C21H20FN3O. The van der Waals surface area contributed by atoms with Crippen molar-refractivity contribution in [3.63, 3.8) is 0 Å². The van der Waals surface area contributed by atoms with E-state index in [0.29, 0.717) is 17.2 Å². The van der Waals surface area contributed by atoms with Crippen molar-refractivity contribution in [2.24, 2.45) is 0 Å². The number of rotatable bonds is 5. The number of carbonyl (C=O) groups excluding carboxylic acids is 1. The number of halogens is 1. The number of nitrogens with one attached hydrogen (secondary N) is 2. The fourth-order valence-corrected chi connectivity index (χ4v) is 2.51. The molecule has 1 amide bonds. The van der Waals surface area contributed by atoms with Crippen molar-refractivity contribution in [2.45, 2.75) is 19.8 Å². The van der Waals surface area contributed by atoms with E-state index in [1.807, 2.05) is 12.1 Å². The zero-order chi connectivity index (χ0) is 18.5. The Hall–Kier alpha value is -3.21. The number of pyridine rings is 1. The number of carbonyl (C=O) groups is 1. The van der Waals surface area contributed by atoms with E-state index in [1.54, 1.807) is 24.4 Å². The summed E-state index contributed by atoms with van der Waals surface area (Å²) in [6.07, 6.45) is 3.08. The molecule has 4 nitrogen and oxygen atoms in total. The second-order valence-corrected chi connectivity index (χ2v) is 6.30. The lowest BCUT2D eigenvalue weighted by Gasteiger charge is -2.10. The molecule has 132 valence electrons. The summed E-state index contributed by atoms with van der Waals surface area (Å²) in [6, 6.07) is 15.8. The quantitative estimate of drug-likeness (QED) is 0.654. The van der Waals surface area contributed by atoms with Crippen LogP contribution in [0.25, 0.3) is 0 Å². The topological polar surface area (TPSA) is 54.0 Å². The molecule has 0 radical (unpaired) electrons. The molecule has 0 aliphatic rings. The van der Waals surface area contributed by atoms with Gasteiger partial charge >= 0.3 is 0 Å². The number of aromatic nitrogens is 1. The molecule has 5 heteroatoms. The van der Waals surface area contributed by atoms with Gasteiger partial charge in [0.1, 0.15) is 5.82 Å². The van der Waals surface area contributed by atoms with Crippen molar-refractivity contribution in [2.75, 3.05) is 10.6 Å². The predicted molar refractivity (Wildman–Crippen MR) is 102 cm³/mol. The van der Waals surface area contributed by atoms with Gasteiger partial charge in [-0.3, -0.25) is 9.78 Å². The summed E-state index contributed by atoms with van der Waals surface area (Å²) in [5, 5.41) is 5.78. The van der Waals surface area contributed by atoms with Crippen LogP contribution in [0.3, 0.4) is 0 Å². The fraction of sp³-hybridized carbons (Fsp3) is 0.143. The molecule has 3 rings (SSSR count). The summed E-state index contributed by atoms with van der Waals surface area (Å²) < 4.78 is 13.7. The predicted octanol–water partition coefficient (Wildman–Crippen LogP) is 5.34. The number of anilines is 3. The van der Waals surface area contributed by atoms with Gasteiger partial charge in [0, 0.05) is 11.9 Å². The maximum atomic E-state index is 13.7. The minimum atomic E-state index is -0.478. The van der Waals surface area contributed by atoms with E-state index >= 15 is 0 Å². The summed E-state index contributed by atoms with van der Waals surface area (Å²) in [5.74, 6) is -0.425. The second kappa shape index (κ2) is 7.78. The zero-order valence-electron chi connectivity index (χ0n) is 14.7. The first kappa shape index (κ1) is 17.6. The molecule has 0 unspecified atom stereocenters. The van der Waals surface area contributed by atoms with Crippen molar-refractivity contribution in [1.82, 2.24) is 4.98 Å². The Morgan fingerprint density at radius 2 is 1.73 bits per heavy atom. The molecule has 0 aliphatic heterocycles. The summed E-state index contributed by atoms with van der Waals surface area (Å²) >= 11 is 0. The molecule has 0 aliphatic carbocycles. The molecular weight excluding hydrogens is 329 g/mol. The normalized spacial score (nSPS) is 10.6. The van der Waals surface area contributed by atoms with Gasteiger partial charge in [0.05, 0.1) is 23.1 Å². The van der Waals surface area contributed by atoms with Gasteiger partial charge in [-0.25, -0.2) is 4.39 Å². The molecule has 0 spiro atoms. The van der Waals surface area contributed by atoms with Gasteiger partial charge in [-0.15, -0.1) is 0 Å². The van der Waals surface area contributed by atoms with E-state index in [4.69, 9.17) is 0 Å². The zero-order valence-corrected chi connectivity index (χ0v) is 14.7. The smallest absolute Gasteiger partial charge is 0.257 e. The number of hydrogen-bond acceptors (Lipinski definition) is 3. The molecule has 26 heavy (non-hydrogen) atoms. The van der Waals surface area contributed by atoms with E-state index < -0.39 is 11.7 Å². The van der Waals surface area contributed by atoms with Crippen molar-refractivity contribution in [3.8, 4) is 0 Å². The van der Waals surface area contributed by atoms with Gasteiger partial charge in [0.15, 0.2) is 0 Å². The number of amides is 1. The molecule has 1 heterocycles. The Kier molecular flexibility index (Phi) is 5.27. The molecule has 0 bridgehead atoms. The summed E-state index contributed by atoms with van der Waals surface area (Å²) in [4.78, 5) is 16.4. The van der Waals surface area contributed by atoms with Crippen LogP contribution in [0.15, 0.2) is 67.0 Å². The third kappa shape index (κ3) is 4.25. The summed E-state index contributed by atoms with van der Waals surface area (Å²) in [7, 11) is 0. The van der Waals surface area contributed by atoms with Gasteiger partial charge in [-0.1, -0.05) is 38.1 Å². The number of benzene rings is 2. The van der Waals surface area contributed by atoms with Crippen LogP contribution < -0.4 is 10.6 Å². The van der Waals surface area contributed by atoms with Gasteiger partial charge in [0.2, 0.25) is 0 Å². The second-order valence-electron chi connectivity index (χ2n) is 6.30. The molecule has 2 aromatic carbocycles. The lowest BCUT2D eigenvalue weighted by molar-refractivity contribution is 0.102. The van der Waals surface area contributed by atoms with Crippen LogP contribution in [0.4, 0.5) is 21.5 Å². The first-order valence-electron chi connectivity index (χ1n) is 8.41. The van der Waals surface area contributed by atoms with E-state index in [1.165, 1.54) is 23.9 Å². The summed E-state index contributed by atoms with van der Waals surface area (Å²) in [5.41, 5.74) is 3.33. The largest absolute Gasteiger partial charge is 0.354 e. The number of hydrogen-bond donors (Lipinski definition) is 2. The van der Waals surface area contributed by atoms with Crippen molar-refractivity contribution in [1.29, 1.82) is 0 Å². The van der Waals surface area contributed by atoms with Gasteiger partial charge < -0.3 is 10.6 Å². The fourth-order valence-electron chi connectivity index (χ4n) is 2.51. The maximum Gasteiger partial charge on any atom is 0.257 e. The van der Waals surface area contributed by atoms with Crippen LogP contribution in [0.2, 0.25) is 0 Å². The lowest BCUT2D eigenvalue weighted by atomic mass is 10.0. The Balaban J connectivity index is 1.73. The average Bonchev–Trinajstić information content (AvgIpc) is 2.64. The van der Waals surface area contributed by atoms with E-state index in [2.05, 4.69) is 41.6 Å². The third-order valence-electron chi connectivity index (χ3n) is 3.99. The van der Waals surface area contributed by atoms with Gasteiger partial charge in [0.25, 0.3) is 5.91 Å². The third-order valence-corrected chi connectivity index (χ3v) is 3.99. The highest BCUT2D eigenvalue weighted by molar-refractivity contribution is 6.04. The minimum Gasteiger partial charge on any atom is -0.354 e. The van der Waals surface area contributed by atoms with Crippen LogP contribution in [-0.4, -0.2) is 10.9 Å². The molecule has 0 saturated carbocycles. The first-order valence-corrected chi connectivity index (χ1v) is 8.41. The Labute approximate surface area is 152 Å². The highest BCUT2D eigenvalue weighted by Crippen LogP contribution is 2.21. The number of nitrogens with zero attached hydrogens (tertiary/aromatic N) is 1. The monoisotopic (exact) mass is 349 g/mol. The van der Waals surface area contributed by atoms with E-state index in [-0.39, 0.29) is 5.69 Å². The SMILES string of the molecule is CC(C)c1ccc(Nc2cncc(C(=O)Nc3ccccc3F)c2)cc1. The first-order chi connectivity index (χ1) is 12.5. The molecule has 0 atom stereocenters. The Morgan fingerprint density at radius 1 is 1.00 bits per heavy atom. The molecule has 2 N–H and O–H groups in total. The van der Waals surface area contributed by atoms with Gasteiger partial charge in [-0.2, -0.15) is 0 Å². The van der Waals surface area contributed by atoms with E-state index in [9.17, 15) is 9.18 Å². The Bertz CT molecular complexity index is 907. The van der Waals surface area contributed by atoms with E-state index in [0.717, 1.165) is 5.69 Å². The lowest BCUT2D eigenvalue weighted by Crippen LogP contribution is -2.13. The van der Waals surface area contributed by atoms with Crippen LogP contribution >= 0.6 is 0 Å². The minimum absolute atomic E-state index is 0.139. The molecule has 3 aromatic rings. The highest BCUT2D eigenvalue weighted by atomic mass is 19.1. The highest BCUT2D eigenvalue weighted by Gasteiger charge is 2.10. The summed E-state index contributed by atoms with van der Waals surface area (Å²) in [6.45, 7) is 4.29. The van der Waals surface area contributed by atoms with Crippen molar-refractivity contribution < 1.29 is 9.18 Å². The maximum absolute atomic E-state index is 13.7. The van der Waals surface area contributed by atoms with Crippen molar-refractivity contribution in [3.05, 3.63) is 83.9 Å². The Morgan fingerprint density at radius 3 is 2.42 bits per heavy atom. The van der Waals surface area contributed by atoms with Gasteiger partial charge in [-0.05, 0) is 41.8 Å². The molecule has 0 saturated heterocycles. The standard InChI is InChI=1S/C21H20FN3O/c1-14(2)15-7-9-17(10-8-15)24-18-11-16(12-23-13-18)21(26)25-20-6-4-3-5-19(20)22/h3-14,24H,1-2H3,(H,25,26). The average molecular weight is 349 g/mol. The van der Waals surface area contributed by atoms with Crippen LogP contribution in [0.1, 0.15) is 35.7 Å². The molecule has 1 aromatic heterocycles. The van der Waals surface area contributed by atoms with Crippen molar-refractivity contribution >= 4 is 23.0 Å².